The third-order valence-electron chi connectivity index (χ3n) is 8.51. The second-order valence-electron chi connectivity index (χ2n) is 11.1. The number of fused-ring (bicyclic) bond motifs is 3. The van der Waals surface area contributed by atoms with Gasteiger partial charge in [-0.25, -0.2) is 0 Å². The number of carbonyl (C=O) groups is 5. The number of phenols is 1. The average Bonchev–Trinajstić information content (AvgIpc) is 2.86. The number of primary amides is 1. The fraction of sp³-hybridized carbons (Fsp3) is 0.429. The van der Waals surface area contributed by atoms with Crippen molar-refractivity contribution in [2.75, 3.05) is 33.1 Å². The number of pyridine rings is 1. The second-order valence-corrected chi connectivity index (χ2v) is 11.1. The van der Waals surface area contributed by atoms with Crippen LogP contribution in [0, 0.1) is 23.7 Å². The van der Waals surface area contributed by atoms with Crippen LogP contribution in [0.5, 0.6) is 5.75 Å². The van der Waals surface area contributed by atoms with Crippen molar-refractivity contribution < 1.29 is 34.2 Å². The van der Waals surface area contributed by atoms with E-state index in [0.29, 0.717) is 22.4 Å². The van der Waals surface area contributed by atoms with Gasteiger partial charge in [-0.05, 0) is 62.2 Å². The van der Waals surface area contributed by atoms with Gasteiger partial charge in [0.15, 0.2) is 34.7 Å². The number of carbonyl (C=O) groups excluding carboxylic acids is 5. The molecule has 0 aliphatic heterocycles. The van der Waals surface area contributed by atoms with Crippen molar-refractivity contribution in [3.63, 3.8) is 0 Å². The van der Waals surface area contributed by atoms with Gasteiger partial charge < -0.3 is 20.8 Å². The maximum atomic E-state index is 14.1. The van der Waals surface area contributed by atoms with Gasteiger partial charge in [-0.3, -0.25) is 33.9 Å². The van der Waals surface area contributed by atoms with E-state index in [2.05, 4.69) is 4.98 Å². The summed E-state index contributed by atoms with van der Waals surface area (Å²) in [4.78, 5) is 74.1. The molecule has 2 unspecified atom stereocenters. The summed E-state index contributed by atoms with van der Waals surface area (Å²) in [7, 11) is 6.71. The molecular weight excluding hydrogens is 504 g/mol. The number of anilines is 1. The third-order valence-corrected chi connectivity index (χ3v) is 8.51. The summed E-state index contributed by atoms with van der Waals surface area (Å²) in [5, 5.41) is 23.1. The predicted molar refractivity (Wildman–Crippen MR) is 139 cm³/mol. The van der Waals surface area contributed by atoms with Crippen LogP contribution in [0.1, 0.15) is 22.3 Å². The van der Waals surface area contributed by atoms with Gasteiger partial charge in [0.2, 0.25) is 5.91 Å². The summed E-state index contributed by atoms with van der Waals surface area (Å²) in [6, 6.07) is 3.99. The summed E-state index contributed by atoms with van der Waals surface area (Å²) in [5.41, 5.74) is 4.76. The van der Waals surface area contributed by atoms with Crippen LogP contribution in [0.4, 0.5) is 5.69 Å². The van der Waals surface area contributed by atoms with E-state index >= 15 is 0 Å². The highest BCUT2D eigenvalue weighted by Gasteiger charge is 2.69. The van der Waals surface area contributed by atoms with Crippen LogP contribution >= 0.6 is 0 Å². The summed E-state index contributed by atoms with van der Waals surface area (Å²) in [5.74, 6) is -10.6. The number of aromatic nitrogens is 1. The summed E-state index contributed by atoms with van der Waals surface area (Å²) in [6.07, 6.45) is 3.30. The zero-order valence-corrected chi connectivity index (χ0v) is 22.0. The van der Waals surface area contributed by atoms with Gasteiger partial charge in [0.1, 0.15) is 5.75 Å². The van der Waals surface area contributed by atoms with Gasteiger partial charge in [0.05, 0.1) is 17.5 Å². The number of benzene rings is 1. The number of phenolic OH excluding ortho intramolecular Hbond substituents is 1. The molecule has 1 heterocycles. The van der Waals surface area contributed by atoms with E-state index < -0.39 is 64.4 Å². The topological polar surface area (TPSA) is 171 Å². The lowest BCUT2D eigenvalue weighted by Gasteiger charge is -2.52. The Labute approximate surface area is 224 Å². The first-order valence-electron chi connectivity index (χ1n) is 12.6. The van der Waals surface area contributed by atoms with Crippen molar-refractivity contribution in [1.29, 1.82) is 0 Å². The number of rotatable bonds is 4. The monoisotopic (exact) mass is 534 g/mol. The van der Waals surface area contributed by atoms with Gasteiger partial charge >= 0.3 is 0 Å². The number of hydrogen-bond donors (Lipinski definition) is 3. The summed E-state index contributed by atoms with van der Waals surface area (Å²) in [6.45, 7) is 0. The standard InChI is InChI=1S/C28H30N4O7/c1-31(2)17-11-14(12-5-7-30-8-6-12)22(33)19-15(17)9-13-10-16-21(32(3)4)24(35)20(27(29)38)26(37)28(16,39)25(36)18(13)23(19)34/h5-8,11,13,16,18,20-21,33,39H,9-10H2,1-4H3,(H2,29,38)/t13-,16-,18?,20?,21-,28-/m0/s1. The highest BCUT2D eigenvalue weighted by atomic mass is 16.3. The van der Waals surface area contributed by atoms with Gasteiger partial charge in [-0.15, -0.1) is 0 Å². The fourth-order valence-electron chi connectivity index (χ4n) is 6.80. The molecule has 11 nitrogen and oxygen atoms in total. The Morgan fingerprint density at radius 1 is 1.08 bits per heavy atom. The normalized spacial score (nSPS) is 30.1. The minimum absolute atomic E-state index is 0.00360. The lowest BCUT2D eigenvalue weighted by Crippen LogP contribution is -2.74. The Morgan fingerprint density at radius 2 is 1.72 bits per heavy atom. The summed E-state index contributed by atoms with van der Waals surface area (Å²) < 4.78 is 0. The van der Waals surface area contributed by atoms with Crippen LogP contribution in [0.25, 0.3) is 11.1 Å². The molecule has 0 radical (unpaired) electrons. The zero-order valence-electron chi connectivity index (χ0n) is 22.0. The van der Waals surface area contributed by atoms with Crippen molar-refractivity contribution in [3.05, 3.63) is 41.7 Å². The highest BCUT2D eigenvalue weighted by molar-refractivity contribution is 6.32. The number of nitrogens with two attached hydrogens (primary N) is 1. The minimum atomic E-state index is -2.75. The van der Waals surface area contributed by atoms with Crippen LogP contribution in [-0.4, -0.2) is 89.0 Å². The highest BCUT2D eigenvalue weighted by Crippen LogP contribution is 2.53. The first-order chi connectivity index (χ1) is 18.3. The lowest BCUT2D eigenvalue weighted by atomic mass is 9.52. The molecule has 1 aromatic carbocycles. The predicted octanol–water partition coefficient (Wildman–Crippen LogP) is -0.00500. The van der Waals surface area contributed by atoms with E-state index in [4.69, 9.17) is 5.73 Å². The van der Waals surface area contributed by atoms with Crippen LogP contribution < -0.4 is 10.6 Å². The molecule has 5 rings (SSSR count). The van der Waals surface area contributed by atoms with Crippen LogP contribution in [0.3, 0.4) is 0 Å². The van der Waals surface area contributed by atoms with E-state index in [-0.39, 0.29) is 24.2 Å². The SMILES string of the molecule is CN(C)c1cc(-c2ccncc2)c(O)c2c1C[C@H]1C[C@H]3[C@H](N(C)C)C(=O)C(C(N)=O)C(=O)[C@@]3(O)C(=O)C1C2=O. The molecule has 3 aliphatic rings. The van der Waals surface area contributed by atoms with Crippen molar-refractivity contribution in [2.24, 2.45) is 29.4 Å². The lowest BCUT2D eigenvalue weighted by molar-refractivity contribution is -0.181. The van der Waals surface area contributed by atoms with E-state index in [1.165, 1.54) is 4.90 Å². The Balaban J connectivity index is 1.69. The largest absolute Gasteiger partial charge is 0.507 e. The van der Waals surface area contributed by atoms with E-state index in [0.717, 1.165) is 0 Å². The Morgan fingerprint density at radius 3 is 2.28 bits per heavy atom. The molecule has 6 atom stereocenters. The maximum absolute atomic E-state index is 14.1. The van der Waals surface area contributed by atoms with Crippen molar-refractivity contribution in [1.82, 2.24) is 9.88 Å². The van der Waals surface area contributed by atoms with Crippen molar-refractivity contribution in [3.8, 4) is 16.9 Å². The minimum Gasteiger partial charge on any atom is -0.507 e. The average molecular weight is 535 g/mol. The molecule has 2 saturated carbocycles. The first kappa shape index (κ1) is 26.6. The smallest absolute Gasteiger partial charge is 0.235 e. The molecule has 11 heteroatoms. The number of aromatic hydroxyl groups is 1. The fourth-order valence-corrected chi connectivity index (χ4v) is 6.80. The zero-order chi connectivity index (χ0) is 28.5. The third kappa shape index (κ3) is 3.64. The first-order valence-corrected chi connectivity index (χ1v) is 12.6. The molecule has 2 fully saturated rings. The number of hydrogen-bond acceptors (Lipinski definition) is 10. The number of nitrogens with zero attached hydrogens (tertiary/aromatic N) is 3. The van der Waals surface area contributed by atoms with Crippen LogP contribution in [-0.2, 0) is 25.6 Å². The number of ketones is 4. The molecule has 0 saturated heterocycles. The van der Waals surface area contributed by atoms with Crippen LogP contribution in [0.15, 0.2) is 30.6 Å². The van der Waals surface area contributed by atoms with Crippen molar-refractivity contribution in [2.45, 2.75) is 24.5 Å². The van der Waals surface area contributed by atoms with Crippen LogP contribution in [0.2, 0.25) is 0 Å². The van der Waals surface area contributed by atoms with E-state index in [1.54, 1.807) is 58.8 Å². The molecule has 0 spiro atoms. The molecule has 39 heavy (non-hydrogen) atoms. The van der Waals surface area contributed by atoms with E-state index in [1.807, 2.05) is 4.90 Å². The molecule has 2 aromatic rings. The number of aliphatic hydroxyl groups is 1. The number of Topliss-reactive ketones (excluding diaryl/α,β-unsaturated/α-hetero) is 4. The molecule has 4 N–H and O–H groups in total. The van der Waals surface area contributed by atoms with Gasteiger partial charge in [0, 0.05) is 43.7 Å². The Hall–Kier alpha value is -3.96. The number of likely N-dealkylation sites (N-methyl/N-ethyl adjacent to an activating group) is 1. The molecule has 1 amide bonds. The van der Waals surface area contributed by atoms with Gasteiger partial charge in [-0.2, -0.15) is 0 Å². The molecular formula is C28H30N4O7. The second kappa shape index (κ2) is 9.06. The van der Waals surface area contributed by atoms with Gasteiger partial charge in [0.25, 0.3) is 0 Å². The quantitative estimate of drug-likeness (QED) is 0.453. The molecule has 204 valence electrons. The van der Waals surface area contributed by atoms with Gasteiger partial charge in [-0.1, -0.05) is 0 Å². The Kier molecular flexibility index (Phi) is 6.19. The molecule has 0 bridgehead atoms. The Bertz CT molecular complexity index is 1440. The molecule has 1 aromatic heterocycles. The maximum Gasteiger partial charge on any atom is 0.235 e. The van der Waals surface area contributed by atoms with Crippen molar-refractivity contribution >= 4 is 34.7 Å². The van der Waals surface area contributed by atoms with E-state index in [9.17, 15) is 34.2 Å². The molecule has 3 aliphatic carbocycles. The number of amides is 1. The summed E-state index contributed by atoms with van der Waals surface area (Å²) >= 11 is 0.